The van der Waals surface area contributed by atoms with Crippen molar-refractivity contribution < 1.29 is 15.0 Å². The molecular formula is C17H19NO3. The number of aryl methyl sites for hydroxylation is 1. The van der Waals surface area contributed by atoms with Crippen molar-refractivity contribution in [1.29, 1.82) is 0 Å². The van der Waals surface area contributed by atoms with Crippen LogP contribution in [0, 0.1) is 6.92 Å². The average Bonchev–Trinajstić information content (AvgIpc) is 2.50. The summed E-state index contributed by atoms with van der Waals surface area (Å²) in [6.07, 6.45) is 0.570. The van der Waals surface area contributed by atoms with E-state index < -0.39 is 0 Å². The van der Waals surface area contributed by atoms with E-state index in [1.807, 2.05) is 30.3 Å². The highest BCUT2D eigenvalue weighted by atomic mass is 16.3. The van der Waals surface area contributed by atoms with Gasteiger partial charge in [-0.2, -0.15) is 0 Å². The zero-order valence-electron chi connectivity index (χ0n) is 11.9. The summed E-state index contributed by atoms with van der Waals surface area (Å²) in [5, 5.41) is 21.7. The standard InChI is InChI=1S/C17H19NO3/c1-12-9-14(7-8-16(12)20)17(21)18-15(11-19)10-13-5-3-2-4-6-13/h2-9,15,19-20H,10-11H2,1H3,(H,18,21)/t15-/m0/s1. The van der Waals surface area contributed by atoms with Gasteiger partial charge in [-0.1, -0.05) is 30.3 Å². The Morgan fingerprint density at radius 1 is 1.19 bits per heavy atom. The number of carbonyl (C=O) groups is 1. The number of carbonyl (C=O) groups excluding carboxylic acids is 1. The van der Waals surface area contributed by atoms with E-state index in [4.69, 9.17) is 0 Å². The lowest BCUT2D eigenvalue weighted by atomic mass is 10.1. The van der Waals surface area contributed by atoms with E-state index in [0.29, 0.717) is 17.5 Å². The summed E-state index contributed by atoms with van der Waals surface area (Å²) in [6.45, 7) is 1.61. The smallest absolute Gasteiger partial charge is 0.251 e. The van der Waals surface area contributed by atoms with Crippen molar-refractivity contribution in [2.75, 3.05) is 6.61 Å². The van der Waals surface area contributed by atoms with Crippen LogP contribution in [0.1, 0.15) is 21.5 Å². The van der Waals surface area contributed by atoms with Gasteiger partial charge < -0.3 is 15.5 Å². The van der Waals surface area contributed by atoms with Crippen molar-refractivity contribution in [2.24, 2.45) is 0 Å². The Balaban J connectivity index is 2.04. The molecule has 0 aliphatic rings. The molecule has 0 heterocycles. The molecule has 2 aromatic carbocycles. The number of phenolic OH excluding ortho intramolecular Hbond substituents is 1. The topological polar surface area (TPSA) is 69.6 Å². The first-order valence-corrected chi connectivity index (χ1v) is 6.85. The number of amides is 1. The van der Waals surface area contributed by atoms with E-state index >= 15 is 0 Å². The molecule has 0 aliphatic carbocycles. The van der Waals surface area contributed by atoms with Crippen molar-refractivity contribution in [3.63, 3.8) is 0 Å². The Hall–Kier alpha value is -2.33. The third-order valence-electron chi connectivity index (χ3n) is 3.34. The Kier molecular flexibility index (Phi) is 4.95. The van der Waals surface area contributed by atoms with E-state index in [-0.39, 0.29) is 24.3 Å². The second kappa shape index (κ2) is 6.90. The van der Waals surface area contributed by atoms with E-state index in [9.17, 15) is 15.0 Å². The highest BCUT2D eigenvalue weighted by Gasteiger charge is 2.14. The Labute approximate surface area is 124 Å². The lowest BCUT2D eigenvalue weighted by Gasteiger charge is -2.16. The van der Waals surface area contributed by atoms with Gasteiger partial charge >= 0.3 is 0 Å². The number of phenols is 1. The van der Waals surface area contributed by atoms with Crippen LogP contribution in [-0.4, -0.2) is 28.8 Å². The third-order valence-corrected chi connectivity index (χ3v) is 3.34. The number of nitrogens with one attached hydrogen (secondary N) is 1. The predicted molar refractivity (Wildman–Crippen MR) is 81.3 cm³/mol. The molecule has 110 valence electrons. The van der Waals surface area contributed by atoms with Gasteiger partial charge in [0.15, 0.2) is 0 Å². The van der Waals surface area contributed by atoms with Crippen LogP contribution in [0.15, 0.2) is 48.5 Å². The molecule has 0 unspecified atom stereocenters. The van der Waals surface area contributed by atoms with Gasteiger partial charge in [0.2, 0.25) is 0 Å². The maximum absolute atomic E-state index is 12.2. The zero-order valence-corrected chi connectivity index (χ0v) is 11.9. The van der Waals surface area contributed by atoms with Crippen molar-refractivity contribution in [2.45, 2.75) is 19.4 Å². The summed E-state index contributed by atoms with van der Waals surface area (Å²) in [4.78, 5) is 12.2. The lowest BCUT2D eigenvalue weighted by molar-refractivity contribution is 0.0916. The van der Waals surface area contributed by atoms with Gasteiger partial charge in [-0.25, -0.2) is 0 Å². The van der Waals surface area contributed by atoms with Crippen molar-refractivity contribution in [3.8, 4) is 5.75 Å². The van der Waals surface area contributed by atoms with Crippen molar-refractivity contribution in [1.82, 2.24) is 5.32 Å². The summed E-state index contributed by atoms with van der Waals surface area (Å²) < 4.78 is 0. The Morgan fingerprint density at radius 2 is 1.90 bits per heavy atom. The molecule has 1 amide bonds. The van der Waals surface area contributed by atoms with Crippen LogP contribution in [0.5, 0.6) is 5.75 Å². The van der Waals surface area contributed by atoms with Gasteiger partial charge in [-0.05, 0) is 42.7 Å². The molecule has 4 nitrogen and oxygen atoms in total. The molecule has 2 rings (SSSR count). The van der Waals surface area contributed by atoms with Gasteiger partial charge in [-0.15, -0.1) is 0 Å². The van der Waals surface area contributed by atoms with E-state index in [1.54, 1.807) is 19.1 Å². The molecule has 3 N–H and O–H groups in total. The third kappa shape index (κ3) is 4.07. The van der Waals surface area contributed by atoms with Gasteiger partial charge in [0.25, 0.3) is 5.91 Å². The molecule has 0 saturated heterocycles. The van der Waals surface area contributed by atoms with Crippen LogP contribution in [-0.2, 0) is 6.42 Å². The first-order valence-electron chi connectivity index (χ1n) is 6.85. The van der Waals surface area contributed by atoms with Crippen LogP contribution >= 0.6 is 0 Å². The Morgan fingerprint density at radius 3 is 2.52 bits per heavy atom. The van der Waals surface area contributed by atoms with Gasteiger partial charge in [-0.3, -0.25) is 4.79 Å². The summed E-state index contributed by atoms with van der Waals surface area (Å²) in [5.74, 6) is -0.0948. The molecule has 0 aromatic heterocycles. The molecule has 2 aromatic rings. The van der Waals surface area contributed by atoms with Gasteiger partial charge in [0.05, 0.1) is 12.6 Å². The molecule has 4 heteroatoms. The number of aliphatic hydroxyl groups excluding tert-OH is 1. The Bertz CT molecular complexity index is 611. The molecule has 0 aliphatic heterocycles. The molecule has 0 spiro atoms. The molecule has 0 radical (unpaired) electrons. The summed E-state index contributed by atoms with van der Waals surface area (Å²) in [5.41, 5.74) is 2.17. The molecular weight excluding hydrogens is 266 g/mol. The lowest BCUT2D eigenvalue weighted by Crippen LogP contribution is -2.39. The molecule has 0 bridgehead atoms. The summed E-state index contributed by atoms with van der Waals surface area (Å²) >= 11 is 0. The fourth-order valence-electron chi connectivity index (χ4n) is 2.13. The van der Waals surface area contributed by atoms with Crippen LogP contribution < -0.4 is 5.32 Å². The minimum Gasteiger partial charge on any atom is -0.508 e. The van der Waals surface area contributed by atoms with Crippen LogP contribution in [0.3, 0.4) is 0 Å². The fourth-order valence-corrected chi connectivity index (χ4v) is 2.13. The summed E-state index contributed by atoms with van der Waals surface area (Å²) in [6, 6.07) is 14.0. The summed E-state index contributed by atoms with van der Waals surface area (Å²) in [7, 11) is 0. The highest BCUT2D eigenvalue weighted by Crippen LogP contribution is 2.17. The maximum atomic E-state index is 12.2. The zero-order chi connectivity index (χ0) is 15.2. The largest absolute Gasteiger partial charge is 0.508 e. The first kappa shape index (κ1) is 15.1. The normalized spacial score (nSPS) is 11.9. The average molecular weight is 285 g/mol. The number of hydrogen-bond acceptors (Lipinski definition) is 3. The first-order chi connectivity index (χ1) is 10.1. The molecule has 0 saturated carbocycles. The van der Waals surface area contributed by atoms with Crippen LogP contribution in [0.25, 0.3) is 0 Å². The van der Waals surface area contributed by atoms with Gasteiger partial charge in [0.1, 0.15) is 5.75 Å². The fraction of sp³-hybridized carbons (Fsp3) is 0.235. The van der Waals surface area contributed by atoms with E-state index in [2.05, 4.69) is 5.32 Å². The second-order valence-corrected chi connectivity index (χ2v) is 5.04. The number of benzene rings is 2. The highest BCUT2D eigenvalue weighted by molar-refractivity contribution is 5.94. The molecule has 21 heavy (non-hydrogen) atoms. The van der Waals surface area contributed by atoms with E-state index in [0.717, 1.165) is 5.56 Å². The van der Waals surface area contributed by atoms with Crippen molar-refractivity contribution in [3.05, 3.63) is 65.2 Å². The second-order valence-electron chi connectivity index (χ2n) is 5.04. The number of rotatable bonds is 5. The van der Waals surface area contributed by atoms with E-state index in [1.165, 1.54) is 6.07 Å². The van der Waals surface area contributed by atoms with Gasteiger partial charge in [0, 0.05) is 5.56 Å². The number of hydrogen-bond donors (Lipinski definition) is 3. The molecule has 1 atom stereocenters. The minimum absolute atomic E-state index is 0.127. The predicted octanol–water partition coefficient (Wildman–Crippen LogP) is 2.03. The number of aliphatic hydroxyl groups is 1. The van der Waals surface area contributed by atoms with Crippen LogP contribution in [0.4, 0.5) is 0 Å². The molecule has 0 fully saturated rings. The van der Waals surface area contributed by atoms with Crippen molar-refractivity contribution >= 4 is 5.91 Å². The number of aromatic hydroxyl groups is 1. The SMILES string of the molecule is Cc1cc(C(=O)N[C@H](CO)Cc2ccccc2)ccc1O. The minimum atomic E-state index is -0.339. The quantitative estimate of drug-likeness (QED) is 0.787. The van der Waals surface area contributed by atoms with Crippen LogP contribution in [0.2, 0.25) is 0 Å². The monoisotopic (exact) mass is 285 g/mol. The maximum Gasteiger partial charge on any atom is 0.251 e.